The number of nitrogens with one attached hydrogen (secondary N) is 1. The third kappa shape index (κ3) is 5.27. The molecule has 0 spiro atoms. The monoisotopic (exact) mass is 294 g/mol. The number of nitrogens with two attached hydrogens (primary N) is 1. The van der Waals surface area contributed by atoms with Crippen molar-refractivity contribution in [1.82, 2.24) is 5.32 Å². The van der Waals surface area contributed by atoms with Crippen molar-refractivity contribution in [1.29, 1.82) is 0 Å². The van der Waals surface area contributed by atoms with Gasteiger partial charge in [0.2, 0.25) is 0 Å². The van der Waals surface area contributed by atoms with E-state index in [4.69, 9.17) is 15.2 Å². The molecule has 5 nitrogen and oxygen atoms in total. The molecule has 0 bridgehead atoms. The van der Waals surface area contributed by atoms with E-state index in [2.05, 4.69) is 19.2 Å². The van der Waals surface area contributed by atoms with E-state index in [0.717, 1.165) is 18.4 Å². The van der Waals surface area contributed by atoms with E-state index in [1.807, 2.05) is 18.2 Å². The predicted molar refractivity (Wildman–Crippen MR) is 83.8 cm³/mol. The summed E-state index contributed by atoms with van der Waals surface area (Å²) in [6.45, 7) is 4.60. The van der Waals surface area contributed by atoms with Gasteiger partial charge in [-0.1, -0.05) is 26.0 Å². The van der Waals surface area contributed by atoms with Crippen LogP contribution in [0.15, 0.2) is 18.2 Å². The smallest absolute Gasteiger partial charge is 0.258 e. The zero-order chi connectivity index (χ0) is 15.7. The summed E-state index contributed by atoms with van der Waals surface area (Å²) in [5.41, 5.74) is 6.55. The second kappa shape index (κ2) is 9.23. The van der Waals surface area contributed by atoms with E-state index in [1.165, 1.54) is 0 Å². The maximum Gasteiger partial charge on any atom is 0.258 e. The van der Waals surface area contributed by atoms with Gasteiger partial charge < -0.3 is 20.5 Å². The van der Waals surface area contributed by atoms with Crippen LogP contribution in [0, 0.1) is 0 Å². The molecule has 1 rings (SSSR count). The average molecular weight is 294 g/mol. The standard InChI is InChI=1S/C16H26N2O3/c1-4-13(5-2)18-15(19)11-21-16-12(9-10-17)7-6-8-14(16)20-3/h6-8,13H,4-5,9-11,17H2,1-3H3,(H,18,19). The number of rotatable bonds is 9. The van der Waals surface area contributed by atoms with Crippen molar-refractivity contribution in [3.63, 3.8) is 0 Å². The fourth-order valence-corrected chi connectivity index (χ4v) is 2.14. The maximum atomic E-state index is 11.9. The van der Waals surface area contributed by atoms with Crippen molar-refractivity contribution in [2.24, 2.45) is 5.73 Å². The van der Waals surface area contributed by atoms with Crippen LogP contribution in [-0.4, -0.2) is 32.2 Å². The Labute approximate surface area is 126 Å². The average Bonchev–Trinajstić information content (AvgIpc) is 2.51. The summed E-state index contributed by atoms with van der Waals surface area (Å²) in [6, 6.07) is 5.83. The van der Waals surface area contributed by atoms with Crippen LogP contribution in [0.25, 0.3) is 0 Å². The minimum atomic E-state index is -0.117. The summed E-state index contributed by atoms with van der Waals surface area (Å²) in [6.07, 6.45) is 2.51. The van der Waals surface area contributed by atoms with E-state index in [-0.39, 0.29) is 18.6 Å². The van der Waals surface area contributed by atoms with E-state index in [0.29, 0.717) is 24.5 Å². The number of benzene rings is 1. The highest BCUT2D eigenvalue weighted by atomic mass is 16.5. The molecule has 5 heteroatoms. The lowest BCUT2D eigenvalue weighted by Gasteiger charge is -2.17. The van der Waals surface area contributed by atoms with Crippen LogP contribution >= 0.6 is 0 Å². The van der Waals surface area contributed by atoms with Gasteiger partial charge in [0.1, 0.15) is 0 Å². The minimum absolute atomic E-state index is 0.0194. The maximum absolute atomic E-state index is 11.9. The summed E-state index contributed by atoms with van der Waals surface area (Å²) in [5.74, 6) is 1.11. The first-order valence-corrected chi connectivity index (χ1v) is 7.44. The molecule has 0 aliphatic heterocycles. The summed E-state index contributed by atoms with van der Waals surface area (Å²) in [5, 5.41) is 2.95. The second-order valence-corrected chi connectivity index (χ2v) is 4.86. The molecule has 0 saturated carbocycles. The van der Waals surface area contributed by atoms with Gasteiger partial charge in [0.25, 0.3) is 5.91 Å². The van der Waals surface area contributed by atoms with Gasteiger partial charge in [-0.05, 0) is 37.4 Å². The van der Waals surface area contributed by atoms with Gasteiger partial charge in [0, 0.05) is 6.04 Å². The minimum Gasteiger partial charge on any atom is -0.493 e. The van der Waals surface area contributed by atoms with Gasteiger partial charge >= 0.3 is 0 Å². The lowest BCUT2D eigenvalue weighted by atomic mass is 10.1. The molecule has 118 valence electrons. The van der Waals surface area contributed by atoms with Crippen LogP contribution < -0.4 is 20.5 Å². The third-order valence-electron chi connectivity index (χ3n) is 3.39. The SMILES string of the molecule is CCC(CC)NC(=O)COc1c(CCN)cccc1OC. The van der Waals surface area contributed by atoms with Crippen molar-refractivity contribution in [2.45, 2.75) is 39.2 Å². The lowest BCUT2D eigenvalue weighted by molar-refractivity contribution is -0.123. The summed E-state index contributed by atoms with van der Waals surface area (Å²) in [7, 11) is 1.58. The molecule has 1 aromatic carbocycles. The van der Waals surface area contributed by atoms with Crippen LogP contribution in [0.3, 0.4) is 0 Å². The Morgan fingerprint density at radius 1 is 1.33 bits per heavy atom. The van der Waals surface area contributed by atoms with Crippen LogP contribution in [0.2, 0.25) is 0 Å². The van der Waals surface area contributed by atoms with E-state index < -0.39 is 0 Å². The van der Waals surface area contributed by atoms with Crippen LogP contribution in [-0.2, 0) is 11.2 Å². The Morgan fingerprint density at radius 3 is 2.62 bits per heavy atom. The molecule has 0 aromatic heterocycles. The van der Waals surface area contributed by atoms with Crippen molar-refractivity contribution >= 4 is 5.91 Å². The molecule has 3 N–H and O–H groups in total. The Morgan fingerprint density at radius 2 is 2.05 bits per heavy atom. The number of methoxy groups -OCH3 is 1. The highest BCUT2D eigenvalue weighted by Crippen LogP contribution is 2.31. The number of hydrogen-bond acceptors (Lipinski definition) is 4. The van der Waals surface area contributed by atoms with Gasteiger partial charge in [-0.15, -0.1) is 0 Å². The van der Waals surface area contributed by atoms with Crippen molar-refractivity contribution in [2.75, 3.05) is 20.3 Å². The summed E-state index contributed by atoms with van der Waals surface area (Å²) >= 11 is 0. The lowest BCUT2D eigenvalue weighted by Crippen LogP contribution is -2.37. The highest BCUT2D eigenvalue weighted by Gasteiger charge is 2.13. The zero-order valence-corrected chi connectivity index (χ0v) is 13.1. The molecule has 0 aliphatic rings. The number of para-hydroxylation sites is 1. The topological polar surface area (TPSA) is 73.6 Å². The third-order valence-corrected chi connectivity index (χ3v) is 3.39. The van der Waals surface area contributed by atoms with Crippen LogP contribution in [0.4, 0.5) is 0 Å². The molecule has 0 saturated heterocycles. The molecule has 0 fully saturated rings. The first kappa shape index (κ1) is 17.3. The number of ether oxygens (including phenoxy) is 2. The Hall–Kier alpha value is -1.75. The zero-order valence-electron chi connectivity index (χ0n) is 13.1. The Kier molecular flexibility index (Phi) is 7.61. The van der Waals surface area contributed by atoms with Crippen molar-refractivity contribution < 1.29 is 14.3 Å². The first-order chi connectivity index (χ1) is 10.2. The molecule has 0 aliphatic carbocycles. The van der Waals surface area contributed by atoms with Gasteiger partial charge in [0.15, 0.2) is 18.1 Å². The predicted octanol–water partition coefficient (Wildman–Crippen LogP) is 1.88. The molecule has 21 heavy (non-hydrogen) atoms. The largest absolute Gasteiger partial charge is 0.493 e. The fourth-order valence-electron chi connectivity index (χ4n) is 2.14. The van der Waals surface area contributed by atoms with E-state index >= 15 is 0 Å². The van der Waals surface area contributed by atoms with Gasteiger partial charge in [-0.3, -0.25) is 4.79 Å². The molecule has 0 unspecified atom stereocenters. The molecular weight excluding hydrogens is 268 g/mol. The van der Waals surface area contributed by atoms with E-state index in [9.17, 15) is 4.79 Å². The van der Waals surface area contributed by atoms with E-state index in [1.54, 1.807) is 7.11 Å². The molecule has 1 aromatic rings. The van der Waals surface area contributed by atoms with Crippen molar-refractivity contribution in [3.8, 4) is 11.5 Å². The number of carbonyl (C=O) groups is 1. The van der Waals surface area contributed by atoms with Crippen LogP contribution in [0.1, 0.15) is 32.3 Å². The molecule has 1 amide bonds. The quantitative estimate of drug-likeness (QED) is 0.729. The molecule has 0 atom stereocenters. The number of carbonyl (C=O) groups excluding carboxylic acids is 1. The molecule has 0 radical (unpaired) electrons. The van der Waals surface area contributed by atoms with Crippen molar-refractivity contribution in [3.05, 3.63) is 23.8 Å². The summed E-state index contributed by atoms with van der Waals surface area (Å²) < 4.78 is 11.0. The number of amides is 1. The Bertz CT molecular complexity index is 445. The molecular formula is C16H26N2O3. The van der Waals surface area contributed by atoms with Gasteiger partial charge in [-0.2, -0.15) is 0 Å². The van der Waals surface area contributed by atoms with Crippen LogP contribution in [0.5, 0.6) is 11.5 Å². The molecule has 0 heterocycles. The fraction of sp³-hybridized carbons (Fsp3) is 0.562. The van der Waals surface area contributed by atoms with Gasteiger partial charge in [0.05, 0.1) is 7.11 Å². The number of hydrogen-bond donors (Lipinski definition) is 2. The first-order valence-electron chi connectivity index (χ1n) is 7.44. The normalized spacial score (nSPS) is 10.5. The summed E-state index contributed by atoms with van der Waals surface area (Å²) in [4.78, 5) is 11.9. The highest BCUT2D eigenvalue weighted by molar-refractivity contribution is 5.78. The second-order valence-electron chi connectivity index (χ2n) is 4.86. The van der Waals surface area contributed by atoms with Gasteiger partial charge in [-0.25, -0.2) is 0 Å². The Balaban J connectivity index is 2.71.